The monoisotopic (exact) mass is 231 g/mol. The topological polar surface area (TPSA) is 93.6 Å². The number of nitrogens with two attached hydrogens (primary N) is 2. The number of rotatable bonds is 1. The fourth-order valence-electron chi connectivity index (χ4n) is 2.51. The molecule has 0 unspecified atom stereocenters. The van der Waals surface area contributed by atoms with E-state index in [2.05, 4.69) is 15.0 Å². The molecule has 1 aliphatic carbocycles. The van der Waals surface area contributed by atoms with Crippen LogP contribution < -0.4 is 11.5 Å². The Kier molecular flexibility index (Phi) is 2.48. The van der Waals surface area contributed by atoms with Crippen LogP contribution in [0.3, 0.4) is 0 Å². The van der Waals surface area contributed by atoms with Gasteiger partial charge in [0.25, 0.3) is 0 Å². The largest absolute Gasteiger partial charge is 0.384 e. The maximum absolute atomic E-state index is 5.91. The molecule has 5 nitrogen and oxygen atoms in total. The van der Waals surface area contributed by atoms with Crippen molar-refractivity contribution in [1.29, 1.82) is 0 Å². The van der Waals surface area contributed by atoms with Crippen LogP contribution in [0.5, 0.6) is 0 Å². The third-order valence-electron chi connectivity index (χ3n) is 3.54. The van der Waals surface area contributed by atoms with E-state index in [4.69, 9.17) is 11.5 Å². The zero-order valence-corrected chi connectivity index (χ0v) is 9.69. The second-order valence-electron chi connectivity index (χ2n) is 4.84. The molecule has 0 bridgehead atoms. The van der Waals surface area contributed by atoms with Crippen LogP contribution in [0.1, 0.15) is 37.4 Å². The van der Waals surface area contributed by atoms with Crippen molar-refractivity contribution in [1.82, 2.24) is 15.0 Å². The van der Waals surface area contributed by atoms with Crippen molar-refractivity contribution in [2.45, 2.75) is 37.6 Å². The molecular formula is C12H17N5. The Labute approximate surface area is 99.6 Å². The second-order valence-corrected chi connectivity index (χ2v) is 4.84. The van der Waals surface area contributed by atoms with E-state index in [-0.39, 0.29) is 0 Å². The maximum Gasteiger partial charge on any atom is 0.179 e. The minimum atomic E-state index is 0.365. The smallest absolute Gasteiger partial charge is 0.179 e. The number of aromatic nitrogens is 3. The lowest BCUT2D eigenvalue weighted by Crippen LogP contribution is -2.26. The number of nitrogens with one attached hydrogen (secondary N) is 1. The normalized spacial score (nSPS) is 25.2. The molecule has 0 spiro atoms. The molecule has 0 atom stereocenters. The van der Waals surface area contributed by atoms with Gasteiger partial charge in [0.1, 0.15) is 11.6 Å². The molecule has 0 saturated heterocycles. The van der Waals surface area contributed by atoms with E-state index in [1.165, 1.54) is 0 Å². The Hall–Kier alpha value is -1.62. The van der Waals surface area contributed by atoms with E-state index in [0.29, 0.717) is 17.8 Å². The number of anilines is 1. The first kappa shape index (κ1) is 10.5. The van der Waals surface area contributed by atoms with Gasteiger partial charge in [-0.05, 0) is 37.8 Å². The average molecular weight is 231 g/mol. The zero-order valence-electron chi connectivity index (χ0n) is 9.69. The van der Waals surface area contributed by atoms with Crippen molar-refractivity contribution in [2.75, 3.05) is 5.73 Å². The van der Waals surface area contributed by atoms with Crippen LogP contribution in [0, 0.1) is 0 Å². The van der Waals surface area contributed by atoms with Gasteiger partial charge in [0.2, 0.25) is 0 Å². The number of aromatic amines is 1. The predicted octanol–water partition coefficient (Wildman–Crippen LogP) is 1.52. The number of hydrogen-bond donors (Lipinski definition) is 3. The van der Waals surface area contributed by atoms with Gasteiger partial charge in [-0.1, -0.05) is 0 Å². The van der Waals surface area contributed by atoms with E-state index in [1.54, 1.807) is 6.07 Å². The molecule has 1 fully saturated rings. The van der Waals surface area contributed by atoms with Gasteiger partial charge in [0.15, 0.2) is 5.65 Å². The molecule has 5 N–H and O–H groups in total. The van der Waals surface area contributed by atoms with E-state index in [1.807, 2.05) is 6.07 Å². The first-order valence-electron chi connectivity index (χ1n) is 6.10. The van der Waals surface area contributed by atoms with E-state index >= 15 is 0 Å². The number of nitrogen functional groups attached to an aromatic ring is 1. The number of imidazole rings is 1. The lowest BCUT2D eigenvalue weighted by molar-refractivity contribution is 0.386. The fraction of sp³-hybridized carbons (Fsp3) is 0.500. The molecule has 17 heavy (non-hydrogen) atoms. The first-order chi connectivity index (χ1) is 8.22. The fourth-order valence-corrected chi connectivity index (χ4v) is 2.51. The van der Waals surface area contributed by atoms with Crippen LogP contribution in [0.4, 0.5) is 5.82 Å². The number of H-pyrrole nitrogens is 1. The van der Waals surface area contributed by atoms with Gasteiger partial charge in [0.05, 0.1) is 5.52 Å². The Balaban J connectivity index is 1.90. The maximum atomic E-state index is 5.91. The quantitative estimate of drug-likeness (QED) is 0.693. The summed E-state index contributed by atoms with van der Waals surface area (Å²) in [5, 5.41) is 0. The van der Waals surface area contributed by atoms with Crippen molar-refractivity contribution in [3.05, 3.63) is 18.0 Å². The predicted molar refractivity (Wildman–Crippen MR) is 67.5 cm³/mol. The molecule has 90 valence electrons. The zero-order chi connectivity index (χ0) is 11.8. The standard InChI is InChI=1S/C12H17N5/c13-8-3-1-7(2-4-8)11-15-9-5-6-10(14)16-12(9)17-11/h5-8H,1-4,13H2,(H3,14,15,16,17). The van der Waals surface area contributed by atoms with Crippen LogP contribution in [0.25, 0.3) is 11.2 Å². The molecule has 0 aliphatic heterocycles. The van der Waals surface area contributed by atoms with Crippen molar-refractivity contribution < 1.29 is 0 Å². The minimum absolute atomic E-state index is 0.365. The third kappa shape index (κ3) is 1.98. The van der Waals surface area contributed by atoms with Gasteiger partial charge in [-0.25, -0.2) is 9.97 Å². The van der Waals surface area contributed by atoms with Gasteiger partial charge in [-0.2, -0.15) is 0 Å². The molecule has 1 saturated carbocycles. The number of fused-ring (bicyclic) bond motifs is 1. The van der Waals surface area contributed by atoms with Gasteiger partial charge in [0, 0.05) is 12.0 Å². The molecule has 3 rings (SSSR count). The number of nitrogens with zero attached hydrogens (tertiary/aromatic N) is 2. The minimum Gasteiger partial charge on any atom is -0.384 e. The molecule has 5 heteroatoms. The molecule has 1 aliphatic rings. The molecule has 0 radical (unpaired) electrons. The highest BCUT2D eigenvalue weighted by Gasteiger charge is 2.22. The molecule has 0 amide bonds. The number of pyridine rings is 1. The summed E-state index contributed by atoms with van der Waals surface area (Å²) in [5.41, 5.74) is 13.2. The average Bonchev–Trinajstić information content (AvgIpc) is 2.72. The van der Waals surface area contributed by atoms with Crippen LogP contribution in [-0.4, -0.2) is 21.0 Å². The van der Waals surface area contributed by atoms with Crippen molar-refractivity contribution in [2.24, 2.45) is 5.73 Å². The lowest BCUT2D eigenvalue weighted by Gasteiger charge is -2.24. The van der Waals surface area contributed by atoms with Gasteiger partial charge >= 0.3 is 0 Å². The molecular weight excluding hydrogens is 214 g/mol. The van der Waals surface area contributed by atoms with Crippen molar-refractivity contribution in [3.63, 3.8) is 0 Å². The summed E-state index contributed by atoms with van der Waals surface area (Å²) >= 11 is 0. The summed E-state index contributed by atoms with van der Waals surface area (Å²) in [6.07, 6.45) is 4.38. The van der Waals surface area contributed by atoms with Crippen LogP contribution in [0.15, 0.2) is 12.1 Å². The summed E-state index contributed by atoms with van der Waals surface area (Å²) in [7, 11) is 0. The Morgan fingerprint density at radius 3 is 2.65 bits per heavy atom. The van der Waals surface area contributed by atoms with Gasteiger partial charge < -0.3 is 16.5 Å². The highest BCUT2D eigenvalue weighted by molar-refractivity contribution is 5.72. The summed E-state index contributed by atoms with van der Waals surface area (Å²) in [6.45, 7) is 0. The summed E-state index contributed by atoms with van der Waals surface area (Å²) in [4.78, 5) is 12.1. The van der Waals surface area contributed by atoms with Gasteiger partial charge in [-0.15, -0.1) is 0 Å². The summed E-state index contributed by atoms with van der Waals surface area (Å²) in [5.74, 6) is 2.04. The highest BCUT2D eigenvalue weighted by Crippen LogP contribution is 2.31. The Morgan fingerprint density at radius 2 is 1.88 bits per heavy atom. The van der Waals surface area contributed by atoms with Crippen molar-refractivity contribution >= 4 is 17.0 Å². The SMILES string of the molecule is Nc1ccc2[nH]c(C3CCC(N)CC3)nc2n1. The van der Waals surface area contributed by atoms with Crippen molar-refractivity contribution in [3.8, 4) is 0 Å². The van der Waals surface area contributed by atoms with Crippen LogP contribution in [-0.2, 0) is 0 Å². The second kappa shape index (κ2) is 4.00. The Bertz CT molecular complexity index is 525. The van der Waals surface area contributed by atoms with E-state index < -0.39 is 0 Å². The molecule has 2 heterocycles. The molecule has 0 aromatic carbocycles. The van der Waals surface area contributed by atoms with Crippen LogP contribution in [0.2, 0.25) is 0 Å². The molecule has 2 aromatic rings. The lowest BCUT2D eigenvalue weighted by atomic mass is 9.86. The first-order valence-corrected chi connectivity index (χ1v) is 6.10. The Morgan fingerprint density at radius 1 is 1.12 bits per heavy atom. The number of hydrogen-bond acceptors (Lipinski definition) is 4. The van der Waals surface area contributed by atoms with E-state index in [9.17, 15) is 0 Å². The summed E-state index contributed by atoms with van der Waals surface area (Å²) < 4.78 is 0. The third-order valence-corrected chi connectivity index (χ3v) is 3.54. The highest BCUT2D eigenvalue weighted by atomic mass is 15.0. The molecule has 2 aromatic heterocycles. The van der Waals surface area contributed by atoms with Crippen LogP contribution >= 0.6 is 0 Å². The van der Waals surface area contributed by atoms with E-state index in [0.717, 1.165) is 42.7 Å². The van der Waals surface area contributed by atoms with Gasteiger partial charge in [-0.3, -0.25) is 0 Å². The summed E-state index contributed by atoms with van der Waals surface area (Å²) in [6, 6.07) is 4.09.